The normalized spacial score (nSPS) is 21.9. The molecule has 2 fully saturated rings. The minimum absolute atomic E-state index is 0.130. The number of aryl methyl sites for hydroxylation is 1. The Balaban J connectivity index is 1.25. The number of rotatable bonds is 13. The molecule has 256 valence electrons. The van der Waals surface area contributed by atoms with E-state index in [1.54, 1.807) is 24.3 Å². The van der Waals surface area contributed by atoms with Gasteiger partial charge in [-0.3, -0.25) is 14.4 Å². The van der Waals surface area contributed by atoms with Crippen molar-refractivity contribution in [2.45, 2.75) is 94.7 Å². The van der Waals surface area contributed by atoms with E-state index in [-0.39, 0.29) is 23.7 Å². The van der Waals surface area contributed by atoms with Crippen LogP contribution in [0.4, 0.5) is 4.39 Å². The summed E-state index contributed by atoms with van der Waals surface area (Å²) in [7, 11) is -1.27. The molecule has 10 heteroatoms. The fourth-order valence-electron chi connectivity index (χ4n) is 7.88. The second-order valence-electron chi connectivity index (χ2n) is 14.2. The summed E-state index contributed by atoms with van der Waals surface area (Å²) in [5.74, 6) is 0.197. The van der Waals surface area contributed by atoms with Crippen LogP contribution >= 0.6 is 0 Å². The van der Waals surface area contributed by atoms with E-state index in [2.05, 4.69) is 41.3 Å². The first kappa shape index (κ1) is 35.2. The number of halogens is 1. The first-order valence-corrected chi connectivity index (χ1v) is 19.0. The molecule has 2 aromatic carbocycles. The van der Waals surface area contributed by atoms with Crippen LogP contribution in [0.1, 0.15) is 87.2 Å². The van der Waals surface area contributed by atoms with Crippen LogP contribution in [0.25, 0.3) is 0 Å². The second-order valence-corrected chi connectivity index (χ2v) is 16.3. The number of carbonyl (C=O) groups is 1. The first-order chi connectivity index (χ1) is 22.3. The van der Waals surface area contributed by atoms with Crippen LogP contribution in [0.3, 0.4) is 0 Å². The molecule has 0 spiro atoms. The number of nitrogens with zero attached hydrogens (tertiary/aromatic N) is 4. The summed E-state index contributed by atoms with van der Waals surface area (Å²) in [5, 5.41) is 14.9. The Kier molecular flexibility index (Phi) is 11.2. The molecule has 0 amide bonds. The number of likely N-dealkylation sites (N-methyl/N-ethyl adjacent to an activating group) is 1. The molecule has 2 heterocycles. The molecular weight excluding hydrogens is 615 g/mol. The monoisotopic (exact) mass is 666 g/mol. The van der Waals surface area contributed by atoms with Crippen LogP contribution in [0.15, 0.2) is 59.5 Å². The van der Waals surface area contributed by atoms with Crippen molar-refractivity contribution in [3.05, 3.63) is 82.9 Å². The molecule has 2 aliphatic rings. The molecule has 1 N–H and O–H groups in total. The highest BCUT2D eigenvalue weighted by Gasteiger charge is 2.41. The minimum atomic E-state index is -3.22. The number of carboxylic acid groups (broad SMARTS) is 1. The molecule has 1 unspecified atom stereocenters. The third-order valence-corrected chi connectivity index (χ3v) is 11.5. The number of aliphatic carboxylic acids is 1. The Morgan fingerprint density at radius 2 is 1.79 bits per heavy atom. The van der Waals surface area contributed by atoms with Gasteiger partial charge in [0.15, 0.2) is 9.84 Å². The topological polar surface area (TPSA) is 95.7 Å². The number of piperidine rings is 1. The Labute approximate surface area is 279 Å². The molecule has 1 saturated carbocycles. The van der Waals surface area contributed by atoms with E-state index in [4.69, 9.17) is 5.10 Å². The average molecular weight is 667 g/mol. The van der Waals surface area contributed by atoms with Gasteiger partial charge in [-0.1, -0.05) is 38.1 Å². The third kappa shape index (κ3) is 8.69. The van der Waals surface area contributed by atoms with Crippen LogP contribution in [0.2, 0.25) is 0 Å². The van der Waals surface area contributed by atoms with Crippen molar-refractivity contribution >= 4 is 15.8 Å². The SMILES string of the molecule is CCn1nc(Cc2ccc(S(C)(=O)=O)cc2)cc1C1CCN(C[C@H]2CC(N(C)[C@H](CC(C)C)C(=O)O)C[C@@H]2c2cccc(F)c2)CC1. The third-order valence-electron chi connectivity index (χ3n) is 10.4. The van der Waals surface area contributed by atoms with Gasteiger partial charge in [0.05, 0.1) is 10.6 Å². The maximum absolute atomic E-state index is 14.4. The molecule has 3 aromatic rings. The first-order valence-electron chi connectivity index (χ1n) is 17.1. The molecule has 4 atom stereocenters. The highest BCUT2D eigenvalue weighted by Crippen LogP contribution is 2.43. The van der Waals surface area contributed by atoms with E-state index < -0.39 is 21.8 Å². The van der Waals surface area contributed by atoms with E-state index in [0.29, 0.717) is 29.6 Å². The molecule has 1 aliphatic heterocycles. The lowest BCUT2D eigenvalue weighted by atomic mass is 9.87. The fourth-order valence-corrected chi connectivity index (χ4v) is 8.51. The minimum Gasteiger partial charge on any atom is -0.480 e. The molecule has 1 saturated heterocycles. The van der Waals surface area contributed by atoms with E-state index in [1.165, 1.54) is 18.0 Å². The zero-order valence-corrected chi connectivity index (χ0v) is 29.3. The number of carboxylic acids is 1. The van der Waals surface area contributed by atoms with Gasteiger partial charge in [0.1, 0.15) is 11.9 Å². The number of sulfone groups is 1. The smallest absolute Gasteiger partial charge is 0.320 e. The van der Waals surface area contributed by atoms with Gasteiger partial charge in [-0.2, -0.15) is 5.10 Å². The molecule has 1 aliphatic carbocycles. The molecule has 0 bridgehead atoms. The van der Waals surface area contributed by atoms with Gasteiger partial charge in [0, 0.05) is 43.4 Å². The Hall–Kier alpha value is -3.08. The summed E-state index contributed by atoms with van der Waals surface area (Å²) in [6.07, 6.45) is 6.28. The number of hydrogen-bond donors (Lipinski definition) is 1. The number of hydrogen-bond acceptors (Lipinski definition) is 6. The van der Waals surface area contributed by atoms with Crippen molar-refractivity contribution < 1.29 is 22.7 Å². The van der Waals surface area contributed by atoms with Crippen LogP contribution < -0.4 is 0 Å². The van der Waals surface area contributed by atoms with Crippen molar-refractivity contribution in [3.63, 3.8) is 0 Å². The Morgan fingerprint density at radius 3 is 2.38 bits per heavy atom. The summed E-state index contributed by atoms with van der Waals surface area (Å²) in [6.45, 7) is 9.91. The Morgan fingerprint density at radius 1 is 1.09 bits per heavy atom. The lowest BCUT2D eigenvalue weighted by Crippen LogP contribution is -2.45. The summed E-state index contributed by atoms with van der Waals surface area (Å²) in [5.41, 5.74) is 4.31. The van der Waals surface area contributed by atoms with Crippen molar-refractivity contribution in [2.75, 3.05) is 32.9 Å². The van der Waals surface area contributed by atoms with E-state index in [0.717, 1.165) is 68.7 Å². The summed E-state index contributed by atoms with van der Waals surface area (Å²) in [6, 6.07) is 15.9. The van der Waals surface area contributed by atoms with Crippen molar-refractivity contribution in [1.29, 1.82) is 0 Å². The van der Waals surface area contributed by atoms with E-state index in [9.17, 15) is 22.7 Å². The zero-order chi connectivity index (χ0) is 33.9. The molecular formula is C37H51FN4O4S. The molecule has 1 aromatic heterocycles. The largest absolute Gasteiger partial charge is 0.480 e. The lowest BCUT2D eigenvalue weighted by molar-refractivity contribution is -0.144. The predicted octanol–water partition coefficient (Wildman–Crippen LogP) is 6.21. The summed E-state index contributed by atoms with van der Waals surface area (Å²) < 4.78 is 40.2. The van der Waals surface area contributed by atoms with Gasteiger partial charge in [0.25, 0.3) is 0 Å². The van der Waals surface area contributed by atoms with Crippen LogP contribution in [-0.2, 0) is 27.6 Å². The van der Waals surface area contributed by atoms with Gasteiger partial charge >= 0.3 is 5.97 Å². The summed E-state index contributed by atoms with van der Waals surface area (Å²) in [4.78, 5) is 17.2. The number of benzene rings is 2. The highest BCUT2D eigenvalue weighted by molar-refractivity contribution is 7.90. The average Bonchev–Trinajstić information content (AvgIpc) is 3.64. The summed E-state index contributed by atoms with van der Waals surface area (Å²) >= 11 is 0. The highest BCUT2D eigenvalue weighted by atomic mass is 32.2. The van der Waals surface area contributed by atoms with Gasteiger partial charge in [-0.25, -0.2) is 12.8 Å². The zero-order valence-electron chi connectivity index (χ0n) is 28.5. The lowest BCUT2D eigenvalue weighted by Gasteiger charge is -2.35. The Bertz CT molecular complexity index is 1620. The van der Waals surface area contributed by atoms with Crippen molar-refractivity contribution in [3.8, 4) is 0 Å². The van der Waals surface area contributed by atoms with Crippen molar-refractivity contribution in [1.82, 2.24) is 19.6 Å². The van der Waals surface area contributed by atoms with Crippen LogP contribution in [0, 0.1) is 17.7 Å². The fraction of sp³-hybridized carbons (Fsp3) is 0.568. The molecule has 8 nitrogen and oxygen atoms in total. The molecule has 5 rings (SSSR count). The standard InChI is InChI=1S/C37H51FN4O4S/c1-6-42-35(22-31(39-42)19-26-10-12-33(13-11-26)47(5,45)46)27-14-16-41(17-15-27)24-29-21-32(40(4)36(37(43)44)18-25(2)3)23-34(29)28-8-7-9-30(38)20-28/h7-13,20,22,25,27,29,32,34,36H,6,14-19,21,23-24H2,1-5H3,(H,43,44)/t29-,32?,34-,36-/m1/s1. The van der Waals surface area contributed by atoms with Gasteiger partial charge in [-0.15, -0.1) is 0 Å². The van der Waals surface area contributed by atoms with Gasteiger partial charge in [0.2, 0.25) is 0 Å². The van der Waals surface area contributed by atoms with Gasteiger partial charge in [-0.05, 0) is 118 Å². The van der Waals surface area contributed by atoms with Crippen molar-refractivity contribution in [2.24, 2.45) is 11.8 Å². The quantitative estimate of drug-likeness (QED) is 0.232. The van der Waals surface area contributed by atoms with E-state index in [1.807, 2.05) is 25.2 Å². The predicted molar refractivity (Wildman–Crippen MR) is 183 cm³/mol. The van der Waals surface area contributed by atoms with E-state index >= 15 is 0 Å². The molecule has 0 radical (unpaired) electrons. The maximum atomic E-state index is 14.4. The van der Waals surface area contributed by atoms with Crippen LogP contribution in [0.5, 0.6) is 0 Å². The number of aromatic nitrogens is 2. The number of likely N-dealkylation sites (tertiary alicyclic amines) is 1. The second kappa shape index (κ2) is 15.0. The molecule has 47 heavy (non-hydrogen) atoms. The maximum Gasteiger partial charge on any atom is 0.320 e. The van der Waals surface area contributed by atoms with Gasteiger partial charge < -0.3 is 10.0 Å². The van der Waals surface area contributed by atoms with Crippen LogP contribution in [-0.4, -0.2) is 84.1 Å².